The number of Topliss-reactive ketones (excluding diaryl/α,β-unsaturated/α-hetero) is 1. The first-order valence-electron chi connectivity index (χ1n) is 6.54. The summed E-state index contributed by atoms with van der Waals surface area (Å²) in [6, 6.07) is 5.12. The van der Waals surface area contributed by atoms with Crippen molar-refractivity contribution in [3.63, 3.8) is 0 Å². The summed E-state index contributed by atoms with van der Waals surface area (Å²) in [6.45, 7) is 6.63. The predicted molar refractivity (Wildman–Crippen MR) is 77.3 cm³/mol. The lowest BCUT2D eigenvalue weighted by Crippen LogP contribution is -2.28. The Morgan fingerprint density at radius 1 is 1.24 bits per heavy atom. The molecule has 6 nitrogen and oxygen atoms in total. The van der Waals surface area contributed by atoms with Crippen molar-refractivity contribution in [3.05, 3.63) is 24.0 Å². The molecule has 0 aliphatic rings. The maximum absolute atomic E-state index is 12.5. The molecule has 0 aliphatic carbocycles. The highest BCUT2D eigenvalue weighted by Gasteiger charge is 2.30. The van der Waals surface area contributed by atoms with Gasteiger partial charge in [0.25, 0.3) is 0 Å². The standard InChI is InChI=1S/C15H18N2O4/c1-9(18)21-17-12-8-10(20-5)6-7-11(12)16-14(17)13(19)15(2,3)4/h6-8H,1-5H3. The van der Waals surface area contributed by atoms with E-state index in [-0.39, 0.29) is 11.6 Å². The molecule has 112 valence electrons. The summed E-state index contributed by atoms with van der Waals surface area (Å²) in [5, 5.41) is 0. The Morgan fingerprint density at radius 2 is 1.90 bits per heavy atom. The van der Waals surface area contributed by atoms with E-state index < -0.39 is 11.4 Å². The first-order valence-corrected chi connectivity index (χ1v) is 6.54. The second-order valence-corrected chi connectivity index (χ2v) is 5.75. The lowest BCUT2D eigenvalue weighted by atomic mass is 9.90. The number of nitrogens with zero attached hydrogens (tertiary/aromatic N) is 2. The van der Waals surface area contributed by atoms with Crippen LogP contribution in [-0.2, 0) is 4.79 Å². The Morgan fingerprint density at radius 3 is 2.43 bits per heavy atom. The van der Waals surface area contributed by atoms with Crippen LogP contribution in [0.3, 0.4) is 0 Å². The number of aromatic nitrogens is 2. The molecule has 6 heteroatoms. The normalized spacial score (nSPS) is 11.5. The summed E-state index contributed by atoms with van der Waals surface area (Å²) in [6.07, 6.45) is 0. The van der Waals surface area contributed by atoms with Crippen LogP contribution in [0.1, 0.15) is 38.3 Å². The molecule has 1 aromatic carbocycles. The van der Waals surface area contributed by atoms with E-state index in [4.69, 9.17) is 9.57 Å². The zero-order valence-corrected chi connectivity index (χ0v) is 12.8. The quantitative estimate of drug-likeness (QED) is 0.811. The third-order valence-corrected chi connectivity index (χ3v) is 2.92. The molecule has 0 unspecified atom stereocenters. The number of carbonyl (C=O) groups is 2. The molecular weight excluding hydrogens is 272 g/mol. The number of rotatable bonds is 3. The zero-order valence-electron chi connectivity index (χ0n) is 12.8. The van der Waals surface area contributed by atoms with Crippen LogP contribution in [0.15, 0.2) is 18.2 Å². The van der Waals surface area contributed by atoms with Gasteiger partial charge in [0.2, 0.25) is 11.6 Å². The van der Waals surface area contributed by atoms with E-state index in [0.717, 1.165) is 0 Å². The minimum absolute atomic E-state index is 0.0981. The van der Waals surface area contributed by atoms with Gasteiger partial charge in [-0.2, -0.15) is 0 Å². The van der Waals surface area contributed by atoms with Crippen LogP contribution in [-0.4, -0.2) is 28.6 Å². The lowest BCUT2D eigenvalue weighted by molar-refractivity contribution is -0.141. The lowest BCUT2D eigenvalue weighted by Gasteiger charge is -2.16. The molecule has 21 heavy (non-hydrogen) atoms. The van der Waals surface area contributed by atoms with Gasteiger partial charge in [0.1, 0.15) is 11.3 Å². The number of methoxy groups -OCH3 is 1. The van der Waals surface area contributed by atoms with Crippen molar-refractivity contribution in [1.29, 1.82) is 0 Å². The average Bonchev–Trinajstić information content (AvgIpc) is 2.74. The number of carbonyl (C=O) groups excluding carboxylic acids is 2. The Hall–Kier alpha value is -2.37. The minimum atomic E-state index is -0.636. The Labute approximate surface area is 122 Å². The molecule has 0 saturated carbocycles. The summed E-state index contributed by atoms with van der Waals surface area (Å²) in [7, 11) is 1.54. The monoisotopic (exact) mass is 290 g/mol. The van der Waals surface area contributed by atoms with Crippen LogP contribution in [0, 0.1) is 5.41 Å². The van der Waals surface area contributed by atoms with Crippen molar-refractivity contribution >= 4 is 22.8 Å². The van der Waals surface area contributed by atoms with Crippen LogP contribution < -0.4 is 9.57 Å². The van der Waals surface area contributed by atoms with E-state index in [9.17, 15) is 9.59 Å². The van der Waals surface area contributed by atoms with E-state index in [1.165, 1.54) is 18.8 Å². The largest absolute Gasteiger partial charge is 0.497 e. The van der Waals surface area contributed by atoms with Crippen molar-refractivity contribution in [2.24, 2.45) is 5.41 Å². The molecule has 0 aliphatic heterocycles. The second kappa shape index (κ2) is 5.20. The smallest absolute Gasteiger partial charge is 0.329 e. The summed E-state index contributed by atoms with van der Waals surface area (Å²) in [5.41, 5.74) is 0.436. The fourth-order valence-corrected chi connectivity index (χ4v) is 1.86. The number of fused-ring (bicyclic) bond motifs is 1. The summed E-state index contributed by atoms with van der Waals surface area (Å²) >= 11 is 0. The van der Waals surface area contributed by atoms with Gasteiger partial charge in [-0.3, -0.25) is 4.79 Å². The molecule has 0 bridgehead atoms. The Kier molecular flexibility index (Phi) is 3.72. The van der Waals surface area contributed by atoms with Crippen molar-refractivity contribution in [2.45, 2.75) is 27.7 Å². The van der Waals surface area contributed by atoms with Gasteiger partial charge in [0, 0.05) is 18.4 Å². The molecule has 0 saturated heterocycles. The molecule has 2 rings (SSSR count). The minimum Gasteiger partial charge on any atom is -0.497 e. The fraction of sp³-hybridized carbons (Fsp3) is 0.400. The Bertz CT molecular complexity index is 710. The van der Waals surface area contributed by atoms with Gasteiger partial charge in [-0.1, -0.05) is 20.8 Å². The molecule has 0 atom stereocenters. The Balaban J connectivity index is 2.69. The van der Waals surface area contributed by atoms with Crippen LogP contribution in [0.4, 0.5) is 0 Å². The van der Waals surface area contributed by atoms with E-state index in [1.54, 1.807) is 39.0 Å². The molecule has 0 amide bonds. The van der Waals surface area contributed by atoms with E-state index >= 15 is 0 Å². The fourth-order valence-electron chi connectivity index (χ4n) is 1.86. The number of benzene rings is 1. The molecule has 2 aromatic rings. The van der Waals surface area contributed by atoms with Crippen LogP contribution in [0.5, 0.6) is 5.75 Å². The molecule has 1 aromatic heterocycles. The SMILES string of the molecule is COc1ccc2nc(C(=O)C(C)(C)C)n(OC(C)=O)c2c1. The molecule has 1 heterocycles. The predicted octanol–water partition coefficient (Wildman–Crippen LogP) is 2.25. The number of ketones is 1. The summed E-state index contributed by atoms with van der Waals surface area (Å²) in [5.74, 6) is -0.0505. The van der Waals surface area contributed by atoms with Crippen molar-refractivity contribution in [2.75, 3.05) is 7.11 Å². The van der Waals surface area contributed by atoms with Crippen molar-refractivity contribution < 1.29 is 19.2 Å². The van der Waals surface area contributed by atoms with Gasteiger partial charge in [-0.25, -0.2) is 9.78 Å². The van der Waals surface area contributed by atoms with Gasteiger partial charge in [-0.05, 0) is 12.1 Å². The number of imidazole rings is 1. The molecule has 0 radical (unpaired) electrons. The van der Waals surface area contributed by atoms with Gasteiger partial charge < -0.3 is 9.57 Å². The number of hydrogen-bond donors (Lipinski definition) is 0. The first-order chi connectivity index (χ1) is 9.74. The molecule has 0 spiro atoms. The first kappa shape index (κ1) is 15.0. The highest BCUT2D eigenvalue weighted by molar-refractivity contribution is 5.99. The maximum Gasteiger partial charge on any atom is 0.329 e. The summed E-state index contributed by atoms with van der Waals surface area (Å²) in [4.78, 5) is 33.2. The number of hydrogen-bond acceptors (Lipinski definition) is 5. The van der Waals surface area contributed by atoms with Gasteiger partial charge in [-0.15, -0.1) is 4.73 Å². The van der Waals surface area contributed by atoms with Crippen LogP contribution in [0.2, 0.25) is 0 Å². The van der Waals surface area contributed by atoms with Crippen molar-refractivity contribution in [3.8, 4) is 5.75 Å². The third kappa shape index (κ3) is 2.89. The maximum atomic E-state index is 12.5. The number of ether oxygens (including phenoxy) is 1. The van der Waals surface area contributed by atoms with Crippen LogP contribution >= 0.6 is 0 Å². The van der Waals surface area contributed by atoms with E-state index in [0.29, 0.717) is 16.8 Å². The van der Waals surface area contributed by atoms with E-state index in [2.05, 4.69) is 4.98 Å². The zero-order chi connectivity index (χ0) is 15.8. The topological polar surface area (TPSA) is 70.4 Å². The second-order valence-electron chi connectivity index (χ2n) is 5.75. The van der Waals surface area contributed by atoms with Crippen LogP contribution in [0.25, 0.3) is 11.0 Å². The molecule has 0 fully saturated rings. The highest BCUT2D eigenvalue weighted by atomic mass is 16.7. The van der Waals surface area contributed by atoms with Gasteiger partial charge in [0.15, 0.2) is 0 Å². The van der Waals surface area contributed by atoms with Crippen molar-refractivity contribution in [1.82, 2.24) is 9.71 Å². The van der Waals surface area contributed by atoms with Gasteiger partial charge >= 0.3 is 5.97 Å². The molecule has 0 N–H and O–H groups in total. The average molecular weight is 290 g/mol. The third-order valence-electron chi connectivity index (χ3n) is 2.92. The summed E-state index contributed by atoms with van der Waals surface area (Å²) < 4.78 is 6.33. The highest BCUT2D eigenvalue weighted by Crippen LogP contribution is 2.25. The van der Waals surface area contributed by atoms with E-state index in [1.807, 2.05) is 0 Å². The molecular formula is C15H18N2O4. The van der Waals surface area contributed by atoms with Gasteiger partial charge in [0.05, 0.1) is 12.6 Å².